The monoisotopic (exact) mass is 334 g/mol. The molecule has 0 aliphatic heterocycles. The Labute approximate surface area is 131 Å². The van der Waals surface area contributed by atoms with Crippen molar-refractivity contribution in [1.82, 2.24) is 5.32 Å². The van der Waals surface area contributed by atoms with Crippen molar-refractivity contribution in [3.05, 3.63) is 35.1 Å². The molecule has 8 heteroatoms. The van der Waals surface area contributed by atoms with Crippen molar-refractivity contribution in [1.29, 1.82) is 0 Å². The number of nitrogens with two attached hydrogens (primary N) is 1. The summed E-state index contributed by atoms with van der Waals surface area (Å²) in [5.74, 6) is -3.13. The topological polar surface area (TPSA) is 72.2 Å². The first-order valence-electron chi connectivity index (χ1n) is 6.86. The molecular formula is C15H18F4N2O2. The number of rotatable bonds is 5. The van der Waals surface area contributed by atoms with Crippen LogP contribution in [0.1, 0.15) is 43.1 Å². The van der Waals surface area contributed by atoms with E-state index in [1.54, 1.807) is 13.8 Å². The average Bonchev–Trinajstić information content (AvgIpc) is 2.36. The minimum absolute atomic E-state index is 0.0286. The van der Waals surface area contributed by atoms with Crippen LogP contribution >= 0.6 is 0 Å². The smallest absolute Gasteiger partial charge is 0.368 e. The number of halogens is 4. The maximum Gasteiger partial charge on any atom is 0.416 e. The molecule has 0 fully saturated rings. The molecule has 1 aromatic rings. The van der Waals surface area contributed by atoms with Gasteiger partial charge in [-0.2, -0.15) is 13.2 Å². The zero-order valence-corrected chi connectivity index (χ0v) is 12.9. The third-order valence-corrected chi connectivity index (χ3v) is 3.29. The van der Waals surface area contributed by atoms with Crippen molar-refractivity contribution in [2.45, 2.75) is 38.9 Å². The molecule has 23 heavy (non-hydrogen) atoms. The van der Waals surface area contributed by atoms with Gasteiger partial charge in [0.2, 0.25) is 5.91 Å². The molecule has 0 saturated carbocycles. The highest BCUT2D eigenvalue weighted by Crippen LogP contribution is 2.30. The van der Waals surface area contributed by atoms with Crippen molar-refractivity contribution >= 4 is 11.8 Å². The minimum atomic E-state index is -4.71. The van der Waals surface area contributed by atoms with Crippen molar-refractivity contribution in [2.75, 3.05) is 0 Å². The van der Waals surface area contributed by atoms with Gasteiger partial charge in [0.05, 0.1) is 11.1 Å². The van der Waals surface area contributed by atoms with Crippen LogP contribution in [0.4, 0.5) is 17.6 Å². The highest BCUT2D eigenvalue weighted by atomic mass is 19.4. The molecule has 0 saturated heterocycles. The highest BCUT2D eigenvalue weighted by molar-refractivity contribution is 5.99. The van der Waals surface area contributed by atoms with Gasteiger partial charge in [0.25, 0.3) is 5.91 Å². The Morgan fingerprint density at radius 3 is 2.26 bits per heavy atom. The first kappa shape index (κ1) is 18.9. The number of amides is 2. The van der Waals surface area contributed by atoms with E-state index < -0.39 is 40.5 Å². The molecule has 0 radical (unpaired) electrons. The largest absolute Gasteiger partial charge is 0.416 e. The fourth-order valence-corrected chi connectivity index (χ4v) is 2.22. The van der Waals surface area contributed by atoms with Crippen LogP contribution in [0.5, 0.6) is 0 Å². The summed E-state index contributed by atoms with van der Waals surface area (Å²) >= 11 is 0. The Bertz CT molecular complexity index is 614. The third kappa shape index (κ3) is 4.67. The molecule has 1 atom stereocenters. The van der Waals surface area contributed by atoms with E-state index in [0.717, 1.165) is 0 Å². The number of hydrogen-bond donors (Lipinski definition) is 2. The Hall–Kier alpha value is -2.12. The van der Waals surface area contributed by atoms with Crippen molar-refractivity contribution < 1.29 is 27.2 Å². The van der Waals surface area contributed by atoms with Gasteiger partial charge in [0, 0.05) is 0 Å². The quantitative estimate of drug-likeness (QED) is 0.813. The number of primary amides is 1. The molecule has 0 aliphatic carbocycles. The first-order chi connectivity index (χ1) is 10.4. The van der Waals surface area contributed by atoms with E-state index in [9.17, 15) is 27.2 Å². The molecule has 1 aromatic carbocycles. The summed E-state index contributed by atoms with van der Waals surface area (Å²) in [6.45, 7) is 4.90. The lowest BCUT2D eigenvalue weighted by Crippen LogP contribution is -2.56. The van der Waals surface area contributed by atoms with E-state index in [0.29, 0.717) is 18.2 Å². The summed E-state index contributed by atoms with van der Waals surface area (Å²) in [7, 11) is 0. The highest BCUT2D eigenvalue weighted by Gasteiger charge is 2.36. The second-order valence-corrected chi connectivity index (χ2v) is 5.94. The zero-order chi connectivity index (χ0) is 18.0. The molecule has 0 bridgehead atoms. The average molecular weight is 334 g/mol. The number of nitrogens with one attached hydrogen (secondary N) is 1. The molecule has 0 aliphatic rings. The van der Waals surface area contributed by atoms with E-state index in [2.05, 4.69) is 5.32 Å². The van der Waals surface area contributed by atoms with E-state index in [1.165, 1.54) is 6.92 Å². The predicted octanol–water partition coefficient (Wildman–Crippen LogP) is 2.86. The second-order valence-electron chi connectivity index (χ2n) is 5.94. The van der Waals surface area contributed by atoms with Crippen LogP contribution in [0.2, 0.25) is 0 Å². The Kier molecular flexibility index (Phi) is 5.39. The molecule has 128 valence electrons. The molecule has 3 N–H and O–H groups in total. The fraction of sp³-hybridized carbons (Fsp3) is 0.467. The van der Waals surface area contributed by atoms with Gasteiger partial charge in [-0.3, -0.25) is 9.59 Å². The van der Waals surface area contributed by atoms with Crippen LogP contribution in [-0.4, -0.2) is 17.4 Å². The summed E-state index contributed by atoms with van der Waals surface area (Å²) in [4.78, 5) is 23.7. The van der Waals surface area contributed by atoms with E-state index in [1.807, 2.05) is 0 Å². The Morgan fingerprint density at radius 1 is 1.26 bits per heavy atom. The van der Waals surface area contributed by atoms with Gasteiger partial charge in [0.15, 0.2) is 0 Å². The van der Waals surface area contributed by atoms with Crippen LogP contribution in [-0.2, 0) is 11.0 Å². The summed E-state index contributed by atoms with van der Waals surface area (Å²) in [6, 6.07) is 1.50. The molecule has 1 rings (SSSR count). The van der Waals surface area contributed by atoms with Gasteiger partial charge in [-0.15, -0.1) is 0 Å². The lowest BCUT2D eigenvalue weighted by Gasteiger charge is -2.29. The molecule has 0 heterocycles. The maximum absolute atomic E-state index is 13.7. The summed E-state index contributed by atoms with van der Waals surface area (Å²) in [5, 5.41) is 2.24. The Morgan fingerprint density at radius 2 is 1.83 bits per heavy atom. The van der Waals surface area contributed by atoms with Crippen molar-refractivity contribution in [3.63, 3.8) is 0 Å². The number of alkyl halides is 3. The fourth-order valence-electron chi connectivity index (χ4n) is 2.22. The predicted molar refractivity (Wildman–Crippen MR) is 75.9 cm³/mol. The Balaban J connectivity index is 3.16. The lowest BCUT2D eigenvalue weighted by atomic mass is 9.89. The summed E-state index contributed by atoms with van der Waals surface area (Å²) in [6.07, 6.45) is -4.55. The van der Waals surface area contributed by atoms with Gasteiger partial charge in [-0.1, -0.05) is 13.8 Å². The molecule has 0 aromatic heterocycles. The summed E-state index contributed by atoms with van der Waals surface area (Å²) in [5.41, 5.74) is 1.81. The molecular weight excluding hydrogens is 316 g/mol. The normalized spacial score (nSPS) is 14.4. The standard InChI is InChI=1S/C15H18F4N2O2/c1-8(2)7-14(3,13(20)23)21-12(22)10-6-9(15(17,18)19)4-5-11(10)16/h4-6,8H,7H2,1-3H3,(H2,20,23)(H,21,22)/t14-/m1/s1. The van der Waals surface area contributed by atoms with Crippen molar-refractivity contribution in [2.24, 2.45) is 11.7 Å². The van der Waals surface area contributed by atoms with Crippen LogP contribution in [0.3, 0.4) is 0 Å². The van der Waals surface area contributed by atoms with Gasteiger partial charge >= 0.3 is 6.18 Å². The maximum atomic E-state index is 13.7. The first-order valence-corrected chi connectivity index (χ1v) is 6.86. The molecule has 2 amide bonds. The van der Waals surface area contributed by atoms with Gasteiger partial charge in [-0.25, -0.2) is 4.39 Å². The van der Waals surface area contributed by atoms with Crippen LogP contribution in [0.15, 0.2) is 18.2 Å². The lowest BCUT2D eigenvalue weighted by molar-refractivity contribution is -0.137. The minimum Gasteiger partial charge on any atom is -0.368 e. The second kappa shape index (κ2) is 6.55. The van der Waals surface area contributed by atoms with Gasteiger partial charge < -0.3 is 11.1 Å². The van der Waals surface area contributed by atoms with Gasteiger partial charge in [0.1, 0.15) is 11.4 Å². The van der Waals surface area contributed by atoms with Crippen LogP contribution in [0.25, 0.3) is 0 Å². The number of carbonyl (C=O) groups excluding carboxylic acids is 2. The summed E-state index contributed by atoms with van der Waals surface area (Å²) < 4.78 is 51.7. The van der Waals surface area contributed by atoms with E-state index >= 15 is 0 Å². The molecule has 0 unspecified atom stereocenters. The SMILES string of the molecule is CC(C)C[C@@](C)(NC(=O)c1cc(C(F)(F)F)ccc1F)C(N)=O. The zero-order valence-electron chi connectivity index (χ0n) is 12.9. The molecule has 0 spiro atoms. The molecule has 4 nitrogen and oxygen atoms in total. The number of benzene rings is 1. The van der Waals surface area contributed by atoms with E-state index in [-0.39, 0.29) is 12.3 Å². The van der Waals surface area contributed by atoms with Crippen molar-refractivity contribution in [3.8, 4) is 0 Å². The number of carbonyl (C=O) groups is 2. The third-order valence-electron chi connectivity index (χ3n) is 3.29. The van der Waals surface area contributed by atoms with Crippen LogP contribution in [0, 0.1) is 11.7 Å². The number of hydrogen-bond acceptors (Lipinski definition) is 2. The van der Waals surface area contributed by atoms with Gasteiger partial charge in [-0.05, 0) is 37.5 Å². The van der Waals surface area contributed by atoms with E-state index in [4.69, 9.17) is 5.73 Å². The van der Waals surface area contributed by atoms with Crippen LogP contribution < -0.4 is 11.1 Å².